The second-order valence-corrected chi connectivity index (χ2v) is 7.56. The first-order valence-corrected chi connectivity index (χ1v) is 10.2. The van der Waals surface area contributed by atoms with Gasteiger partial charge in [-0.15, -0.1) is 0 Å². The topological polar surface area (TPSA) is 63.7 Å². The lowest BCUT2D eigenvalue weighted by Gasteiger charge is -2.26. The zero-order valence-electron chi connectivity index (χ0n) is 15.1. The van der Waals surface area contributed by atoms with Crippen LogP contribution >= 0.6 is 0 Å². The Balaban J connectivity index is 1.57. The van der Waals surface area contributed by atoms with E-state index in [0.717, 1.165) is 6.42 Å². The third-order valence-electron chi connectivity index (χ3n) is 4.45. The number of carbonyl (C=O) groups is 2. The fourth-order valence-electron chi connectivity index (χ4n) is 2.99. The van der Waals surface area contributed by atoms with Gasteiger partial charge in [-0.25, -0.2) is 4.79 Å². The van der Waals surface area contributed by atoms with Crippen LogP contribution in [0.1, 0.15) is 22.3 Å². The van der Waals surface area contributed by atoms with Crippen molar-refractivity contribution in [3.63, 3.8) is 0 Å². The number of benzene rings is 2. The maximum atomic E-state index is 12.4. The standard InChI is InChI=1S/C21H21NO4S/c1-27(25)19-10-6-5-9-18(19)21(24)26-15-20(23)22-13-11-17(12-14-22)16-7-3-2-4-8-16/h2-11H,12-15H2,1H3/t27-/m1/s1. The lowest BCUT2D eigenvalue weighted by Crippen LogP contribution is -2.37. The minimum atomic E-state index is -1.31. The van der Waals surface area contributed by atoms with E-state index in [4.69, 9.17) is 4.74 Å². The van der Waals surface area contributed by atoms with E-state index in [-0.39, 0.29) is 18.1 Å². The fourth-order valence-corrected chi connectivity index (χ4v) is 3.72. The van der Waals surface area contributed by atoms with Gasteiger partial charge in [-0.05, 0) is 29.7 Å². The van der Waals surface area contributed by atoms with E-state index in [1.165, 1.54) is 17.4 Å². The summed E-state index contributed by atoms with van der Waals surface area (Å²) < 4.78 is 16.9. The molecule has 2 aromatic rings. The predicted molar refractivity (Wildman–Crippen MR) is 105 cm³/mol. The van der Waals surface area contributed by atoms with Gasteiger partial charge in [-0.3, -0.25) is 9.00 Å². The zero-order valence-corrected chi connectivity index (χ0v) is 15.9. The van der Waals surface area contributed by atoms with Crippen LogP contribution in [-0.2, 0) is 20.3 Å². The first kappa shape index (κ1) is 19.0. The molecular formula is C21H21NO4S. The molecule has 3 rings (SSSR count). The average molecular weight is 383 g/mol. The van der Waals surface area contributed by atoms with Gasteiger partial charge in [0.2, 0.25) is 0 Å². The maximum Gasteiger partial charge on any atom is 0.339 e. The number of amides is 1. The Morgan fingerprint density at radius 2 is 1.78 bits per heavy atom. The van der Waals surface area contributed by atoms with Gasteiger partial charge in [-0.1, -0.05) is 48.5 Å². The van der Waals surface area contributed by atoms with E-state index < -0.39 is 16.8 Å². The van der Waals surface area contributed by atoms with Crippen LogP contribution in [0, 0.1) is 0 Å². The Kier molecular flexibility index (Phi) is 6.19. The van der Waals surface area contributed by atoms with Gasteiger partial charge in [0.15, 0.2) is 6.61 Å². The summed E-state index contributed by atoms with van der Waals surface area (Å²) in [6, 6.07) is 16.6. The number of hydrogen-bond acceptors (Lipinski definition) is 4. The van der Waals surface area contributed by atoms with Crippen molar-refractivity contribution in [1.82, 2.24) is 4.90 Å². The van der Waals surface area contributed by atoms with Crippen LogP contribution in [0.3, 0.4) is 0 Å². The molecule has 27 heavy (non-hydrogen) atoms. The van der Waals surface area contributed by atoms with E-state index in [1.807, 2.05) is 24.3 Å². The molecule has 0 saturated heterocycles. The predicted octanol–water partition coefficient (Wildman–Crippen LogP) is 2.90. The molecule has 0 N–H and O–H groups in total. The van der Waals surface area contributed by atoms with Crippen LogP contribution in [0.2, 0.25) is 0 Å². The summed E-state index contributed by atoms with van der Waals surface area (Å²) in [5.41, 5.74) is 2.62. The molecule has 0 fully saturated rings. The number of esters is 1. The summed E-state index contributed by atoms with van der Waals surface area (Å²) in [5, 5.41) is 0. The van der Waals surface area contributed by atoms with Crippen molar-refractivity contribution in [3.05, 3.63) is 71.8 Å². The third-order valence-corrected chi connectivity index (χ3v) is 5.43. The number of hydrogen-bond donors (Lipinski definition) is 0. The van der Waals surface area contributed by atoms with Crippen molar-refractivity contribution in [2.24, 2.45) is 0 Å². The Bertz CT molecular complexity index is 892. The van der Waals surface area contributed by atoms with Gasteiger partial charge >= 0.3 is 5.97 Å². The van der Waals surface area contributed by atoms with Crippen molar-refractivity contribution in [2.75, 3.05) is 26.0 Å². The highest BCUT2D eigenvalue weighted by atomic mass is 32.2. The number of nitrogens with zero attached hydrogens (tertiary/aromatic N) is 1. The summed E-state index contributed by atoms with van der Waals surface area (Å²) in [7, 11) is -1.31. The molecule has 0 saturated carbocycles. The molecule has 1 heterocycles. The molecule has 2 aromatic carbocycles. The quantitative estimate of drug-likeness (QED) is 0.745. The summed E-state index contributed by atoms with van der Waals surface area (Å²) in [6.45, 7) is 0.765. The number of rotatable bonds is 5. The molecule has 0 aromatic heterocycles. The highest BCUT2D eigenvalue weighted by Crippen LogP contribution is 2.22. The van der Waals surface area contributed by atoms with Crippen LogP contribution in [-0.4, -0.2) is 46.9 Å². The minimum Gasteiger partial charge on any atom is -0.452 e. The molecule has 5 nitrogen and oxygen atoms in total. The molecule has 0 bridgehead atoms. The van der Waals surface area contributed by atoms with E-state index >= 15 is 0 Å². The SMILES string of the molecule is C[S@@](=O)c1ccccc1C(=O)OCC(=O)N1CC=C(c2ccccc2)CC1. The Hall–Kier alpha value is -2.73. The highest BCUT2D eigenvalue weighted by Gasteiger charge is 2.21. The molecule has 140 valence electrons. The third kappa shape index (κ3) is 4.71. The second kappa shape index (κ2) is 8.77. The summed E-state index contributed by atoms with van der Waals surface area (Å²) in [4.78, 5) is 26.7. The van der Waals surface area contributed by atoms with Crippen LogP contribution < -0.4 is 0 Å². The van der Waals surface area contributed by atoms with Crippen molar-refractivity contribution in [2.45, 2.75) is 11.3 Å². The molecule has 0 aliphatic carbocycles. The van der Waals surface area contributed by atoms with Gasteiger partial charge in [0.05, 0.1) is 21.3 Å². The van der Waals surface area contributed by atoms with Gasteiger partial charge in [0.1, 0.15) is 0 Å². The molecule has 6 heteroatoms. The monoisotopic (exact) mass is 383 g/mol. The van der Waals surface area contributed by atoms with Crippen molar-refractivity contribution >= 4 is 28.2 Å². The van der Waals surface area contributed by atoms with Gasteiger partial charge in [0, 0.05) is 19.3 Å². The Labute approximate surface area is 161 Å². The summed E-state index contributed by atoms with van der Waals surface area (Å²) in [6.07, 6.45) is 4.30. The van der Waals surface area contributed by atoms with Crippen molar-refractivity contribution in [3.8, 4) is 0 Å². The van der Waals surface area contributed by atoms with E-state index in [1.54, 1.807) is 29.2 Å². The molecule has 0 spiro atoms. The largest absolute Gasteiger partial charge is 0.452 e. The van der Waals surface area contributed by atoms with Crippen LogP contribution in [0.5, 0.6) is 0 Å². The molecule has 0 radical (unpaired) electrons. The van der Waals surface area contributed by atoms with Crippen LogP contribution in [0.15, 0.2) is 65.6 Å². The van der Waals surface area contributed by atoms with Gasteiger partial charge in [-0.2, -0.15) is 0 Å². The lowest BCUT2D eigenvalue weighted by atomic mass is 10.00. The molecule has 1 atom stereocenters. The number of ether oxygens (including phenoxy) is 1. The van der Waals surface area contributed by atoms with Crippen LogP contribution in [0.25, 0.3) is 5.57 Å². The van der Waals surface area contributed by atoms with Gasteiger partial charge in [0.25, 0.3) is 5.91 Å². The molecule has 0 unspecified atom stereocenters. The van der Waals surface area contributed by atoms with Gasteiger partial charge < -0.3 is 9.64 Å². The summed E-state index contributed by atoms with van der Waals surface area (Å²) in [5.74, 6) is -0.867. The first-order valence-electron chi connectivity index (χ1n) is 8.68. The first-order chi connectivity index (χ1) is 13.1. The summed E-state index contributed by atoms with van der Waals surface area (Å²) >= 11 is 0. The number of carbonyl (C=O) groups excluding carboxylic acids is 2. The van der Waals surface area contributed by atoms with E-state index in [2.05, 4.69) is 12.1 Å². The lowest BCUT2D eigenvalue weighted by molar-refractivity contribution is -0.134. The van der Waals surface area contributed by atoms with Crippen molar-refractivity contribution < 1.29 is 18.5 Å². The van der Waals surface area contributed by atoms with Crippen molar-refractivity contribution in [1.29, 1.82) is 0 Å². The highest BCUT2D eigenvalue weighted by molar-refractivity contribution is 7.84. The second-order valence-electron chi connectivity index (χ2n) is 6.21. The average Bonchev–Trinajstić information content (AvgIpc) is 2.72. The molecule has 1 amide bonds. The molecular weight excluding hydrogens is 362 g/mol. The normalized spacial score (nSPS) is 15.0. The Morgan fingerprint density at radius 3 is 2.44 bits per heavy atom. The molecule has 1 aliphatic heterocycles. The smallest absolute Gasteiger partial charge is 0.339 e. The zero-order chi connectivity index (χ0) is 19.2. The van der Waals surface area contributed by atoms with E-state index in [0.29, 0.717) is 18.0 Å². The maximum absolute atomic E-state index is 12.4. The molecule has 1 aliphatic rings. The van der Waals surface area contributed by atoms with E-state index in [9.17, 15) is 13.8 Å². The Morgan fingerprint density at radius 1 is 1.07 bits per heavy atom. The minimum absolute atomic E-state index is 0.232. The fraction of sp³-hybridized carbons (Fsp3) is 0.238. The van der Waals surface area contributed by atoms with Crippen LogP contribution in [0.4, 0.5) is 0 Å².